The van der Waals surface area contributed by atoms with Gasteiger partial charge in [-0.15, -0.1) is 0 Å². The van der Waals surface area contributed by atoms with Crippen molar-refractivity contribution < 1.29 is 14.6 Å². The molecule has 4 nitrogen and oxygen atoms in total. The highest BCUT2D eigenvalue weighted by atomic mass is 16.5. The maximum Gasteiger partial charge on any atom is 0.337 e. The zero-order chi connectivity index (χ0) is 15.4. The maximum atomic E-state index is 11.2. The lowest BCUT2D eigenvalue weighted by molar-refractivity contribution is 0.0305. The molecule has 3 unspecified atom stereocenters. The van der Waals surface area contributed by atoms with Crippen molar-refractivity contribution in [3.63, 3.8) is 0 Å². The van der Waals surface area contributed by atoms with Crippen LogP contribution >= 0.6 is 0 Å². The number of hydrogen-bond donors (Lipinski definition) is 2. The minimum Gasteiger partial charge on any atom is -0.488 e. The molecule has 2 aliphatic carbocycles. The first kappa shape index (κ1) is 14.2. The molecular weight excluding hydrogens is 266 g/mol. The van der Waals surface area contributed by atoms with Crippen molar-refractivity contribution >= 4 is 11.7 Å². The number of benzene rings is 1. The van der Waals surface area contributed by atoms with Gasteiger partial charge in [-0.25, -0.2) is 4.79 Å². The van der Waals surface area contributed by atoms with Gasteiger partial charge < -0.3 is 15.6 Å². The Hall–Kier alpha value is -1.71. The van der Waals surface area contributed by atoms with Crippen molar-refractivity contribution in [1.82, 2.24) is 0 Å². The fourth-order valence-electron chi connectivity index (χ4n) is 4.30. The van der Waals surface area contributed by atoms with E-state index in [2.05, 4.69) is 20.8 Å². The third-order valence-corrected chi connectivity index (χ3v) is 6.28. The number of rotatable bonds is 3. The van der Waals surface area contributed by atoms with E-state index in [1.807, 2.05) is 0 Å². The Kier molecular flexibility index (Phi) is 2.98. The molecular formula is C17H23NO3. The first-order chi connectivity index (χ1) is 9.77. The molecule has 2 fully saturated rings. The number of para-hydroxylation sites is 1. The summed E-state index contributed by atoms with van der Waals surface area (Å²) in [4.78, 5) is 11.2. The molecule has 21 heavy (non-hydrogen) atoms. The Morgan fingerprint density at radius 1 is 1.38 bits per heavy atom. The van der Waals surface area contributed by atoms with Gasteiger partial charge in [-0.3, -0.25) is 0 Å². The van der Waals surface area contributed by atoms with E-state index in [9.17, 15) is 4.79 Å². The molecule has 2 saturated carbocycles. The predicted molar refractivity (Wildman–Crippen MR) is 81.5 cm³/mol. The van der Waals surface area contributed by atoms with Crippen LogP contribution in [0.15, 0.2) is 18.2 Å². The van der Waals surface area contributed by atoms with E-state index in [0.717, 1.165) is 12.8 Å². The van der Waals surface area contributed by atoms with Gasteiger partial charge in [0.25, 0.3) is 0 Å². The molecule has 4 heteroatoms. The second-order valence-corrected chi connectivity index (χ2v) is 7.24. The molecule has 114 valence electrons. The maximum absolute atomic E-state index is 11.2. The average Bonchev–Trinajstić information content (AvgIpc) is 2.74. The summed E-state index contributed by atoms with van der Waals surface area (Å²) in [6.07, 6.45) is 3.56. The number of fused-ring (bicyclic) bond motifs is 2. The summed E-state index contributed by atoms with van der Waals surface area (Å²) in [7, 11) is 0. The summed E-state index contributed by atoms with van der Waals surface area (Å²) in [6.45, 7) is 6.94. The highest BCUT2D eigenvalue weighted by Gasteiger charge is 2.62. The molecule has 0 spiro atoms. The summed E-state index contributed by atoms with van der Waals surface area (Å²) in [5.41, 5.74) is 6.70. The van der Waals surface area contributed by atoms with Crippen molar-refractivity contribution in [2.75, 3.05) is 5.73 Å². The number of carboxylic acid groups (broad SMARTS) is 1. The summed E-state index contributed by atoms with van der Waals surface area (Å²) in [5.74, 6) is 0.165. The smallest absolute Gasteiger partial charge is 0.337 e. The number of nitrogen functional groups attached to an aromatic ring is 1. The molecule has 0 aliphatic heterocycles. The molecule has 3 rings (SSSR count). The molecule has 0 radical (unpaired) electrons. The van der Waals surface area contributed by atoms with Crippen LogP contribution in [-0.4, -0.2) is 17.2 Å². The van der Waals surface area contributed by atoms with Gasteiger partial charge in [0.05, 0.1) is 11.3 Å². The lowest BCUT2D eigenvalue weighted by Gasteiger charge is -2.39. The van der Waals surface area contributed by atoms with Gasteiger partial charge in [0.1, 0.15) is 11.9 Å². The monoisotopic (exact) mass is 289 g/mol. The lowest BCUT2D eigenvalue weighted by atomic mass is 9.70. The van der Waals surface area contributed by atoms with Gasteiger partial charge >= 0.3 is 5.97 Å². The van der Waals surface area contributed by atoms with Gasteiger partial charge in [-0.2, -0.15) is 0 Å². The minimum atomic E-state index is -1.02. The first-order valence-electron chi connectivity index (χ1n) is 7.56. The van der Waals surface area contributed by atoms with Crippen LogP contribution in [-0.2, 0) is 0 Å². The van der Waals surface area contributed by atoms with Crippen molar-refractivity contribution in [2.24, 2.45) is 16.7 Å². The Balaban J connectivity index is 1.90. The van der Waals surface area contributed by atoms with E-state index in [1.54, 1.807) is 12.1 Å². The molecule has 1 aromatic rings. The van der Waals surface area contributed by atoms with Crippen LogP contribution in [0.4, 0.5) is 5.69 Å². The van der Waals surface area contributed by atoms with Crippen molar-refractivity contribution in [1.29, 1.82) is 0 Å². The second kappa shape index (κ2) is 4.39. The number of hydrogen-bond acceptors (Lipinski definition) is 3. The number of carbonyl (C=O) groups is 1. The third-order valence-electron chi connectivity index (χ3n) is 6.28. The van der Waals surface area contributed by atoms with E-state index >= 15 is 0 Å². The molecule has 2 bridgehead atoms. The SMILES string of the molecule is CC1(C)C2CCC1(C)C(Oc1cccc(C(=O)O)c1N)C2. The molecule has 0 amide bonds. The summed E-state index contributed by atoms with van der Waals surface area (Å²) in [5, 5.41) is 9.15. The Bertz CT molecular complexity index is 596. The van der Waals surface area contributed by atoms with Crippen molar-refractivity contribution in [2.45, 2.75) is 46.1 Å². The number of anilines is 1. The van der Waals surface area contributed by atoms with E-state index in [1.165, 1.54) is 12.5 Å². The number of carboxylic acids is 1. The van der Waals surface area contributed by atoms with Gasteiger partial charge in [-0.1, -0.05) is 26.8 Å². The Morgan fingerprint density at radius 3 is 2.62 bits per heavy atom. The quantitative estimate of drug-likeness (QED) is 0.834. The summed E-state index contributed by atoms with van der Waals surface area (Å²) in [6, 6.07) is 4.97. The largest absolute Gasteiger partial charge is 0.488 e. The van der Waals surface area contributed by atoms with Gasteiger partial charge in [-0.05, 0) is 42.7 Å². The number of aromatic carboxylic acids is 1. The van der Waals surface area contributed by atoms with Crippen LogP contribution in [0.1, 0.15) is 50.4 Å². The highest BCUT2D eigenvalue weighted by molar-refractivity contribution is 5.95. The Morgan fingerprint density at radius 2 is 2.10 bits per heavy atom. The topological polar surface area (TPSA) is 72.5 Å². The normalized spacial score (nSPS) is 33.1. The standard InChI is InChI=1S/C17H23NO3/c1-16(2)10-7-8-17(16,3)13(9-10)21-12-6-4-5-11(14(12)18)15(19)20/h4-6,10,13H,7-9,18H2,1-3H3,(H,19,20). The summed E-state index contributed by atoms with van der Waals surface area (Å²) < 4.78 is 6.18. The Labute approximate surface area is 125 Å². The number of nitrogens with two attached hydrogens (primary N) is 1. The zero-order valence-corrected chi connectivity index (χ0v) is 12.8. The minimum absolute atomic E-state index is 0.109. The van der Waals surface area contributed by atoms with E-state index in [-0.39, 0.29) is 28.2 Å². The molecule has 0 aromatic heterocycles. The van der Waals surface area contributed by atoms with Gasteiger partial charge in [0, 0.05) is 5.41 Å². The van der Waals surface area contributed by atoms with Crippen molar-refractivity contribution in [3.8, 4) is 5.75 Å². The second-order valence-electron chi connectivity index (χ2n) is 7.24. The summed E-state index contributed by atoms with van der Waals surface area (Å²) >= 11 is 0. The van der Waals surface area contributed by atoms with Crippen LogP contribution in [0.25, 0.3) is 0 Å². The first-order valence-corrected chi connectivity index (χ1v) is 7.56. The highest BCUT2D eigenvalue weighted by Crippen LogP contribution is 2.66. The van der Waals surface area contributed by atoms with E-state index in [4.69, 9.17) is 15.6 Å². The molecule has 2 aliphatic rings. The third kappa shape index (κ3) is 1.84. The van der Waals surface area contributed by atoms with Gasteiger partial charge in [0.2, 0.25) is 0 Å². The molecule has 3 atom stereocenters. The van der Waals surface area contributed by atoms with Crippen LogP contribution in [0, 0.1) is 16.7 Å². The fraction of sp³-hybridized carbons (Fsp3) is 0.588. The molecule has 1 aromatic carbocycles. The lowest BCUT2D eigenvalue weighted by Crippen LogP contribution is -2.39. The van der Waals surface area contributed by atoms with Gasteiger partial charge in [0.15, 0.2) is 0 Å². The van der Waals surface area contributed by atoms with E-state index < -0.39 is 5.97 Å². The van der Waals surface area contributed by atoms with Crippen LogP contribution in [0.2, 0.25) is 0 Å². The van der Waals surface area contributed by atoms with Crippen LogP contribution in [0.3, 0.4) is 0 Å². The zero-order valence-electron chi connectivity index (χ0n) is 12.8. The molecule has 0 saturated heterocycles. The van der Waals surface area contributed by atoms with Crippen LogP contribution < -0.4 is 10.5 Å². The average molecular weight is 289 g/mol. The van der Waals surface area contributed by atoms with Crippen LogP contribution in [0.5, 0.6) is 5.75 Å². The van der Waals surface area contributed by atoms with Crippen molar-refractivity contribution in [3.05, 3.63) is 23.8 Å². The predicted octanol–water partition coefficient (Wildman–Crippen LogP) is 3.56. The molecule has 0 heterocycles. The molecule has 3 N–H and O–H groups in total. The van der Waals surface area contributed by atoms with E-state index in [0.29, 0.717) is 11.7 Å². The fourth-order valence-corrected chi connectivity index (χ4v) is 4.30. The number of ether oxygens (including phenoxy) is 1.